The Bertz CT molecular complexity index is 863. The summed E-state index contributed by atoms with van der Waals surface area (Å²) in [6, 6.07) is 8.05. The molecular weight excluding hydrogens is 393 g/mol. The number of benzene rings is 1. The Hall–Kier alpha value is -2.61. The Morgan fingerprint density at radius 2 is 1.77 bits per heavy atom. The lowest BCUT2D eigenvalue weighted by Crippen LogP contribution is -2.44. The van der Waals surface area contributed by atoms with Gasteiger partial charge in [0, 0.05) is 38.1 Å². The molecule has 2 aromatic rings. The summed E-state index contributed by atoms with van der Waals surface area (Å²) in [6.45, 7) is 8.46. The standard InChI is InChI=1S/C22H27F3N4O/c1-15-6-4-7-16(2)20(15)27-21(30)17(3)28-10-5-11-29(13-12-28)19-9-8-18(14-26-19)22(23,24)25/h4,6-9,14,17H,5,10-13H2,1-3H3,(H,27,30)/t17-/m1/s1. The Balaban J connectivity index is 1.62. The van der Waals surface area contributed by atoms with Crippen LogP contribution < -0.4 is 10.2 Å². The van der Waals surface area contributed by atoms with Crippen LogP contribution in [0.25, 0.3) is 0 Å². The summed E-state index contributed by atoms with van der Waals surface area (Å²) >= 11 is 0. The number of aromatic nitrogens is 1. The molecule has 0 aliphatic carbocycles. The highest BCUT2D eigenvalue weighted by atomic mass is 19.4. The van der Waals surface area contributed by atoms with E-state index in [1.807, 2.05) is 43.9 Å². The Labute approximate surface area is 174 Å². The van der Waals surface area contributed by atoms with Gasteiger partial charge in [-0.2, -0.15) is 13.2 Å². The van der Waals surface area contributed by atoms with Gasteiger partial charge in [0.2, 0.25) is 5.91 Å². The molecular formula is C22H27F3N4O. The van der Waals surface area contributed by atoms with Crippen LogP contribution in [0.3, 0.4) is 0 Å². The molecule has 1 fully saturated rings. The molecule has 0 bridgehead atoms. The fourth-order valence-electron chi connectivity index (χ4n) is 3.70. The second kappa shape index (κ2) is 9.04. The SMILES string of the molecule is Cc1cccc(C)c1NC(=O)[C@@H](C)N1CCCN(c2ccc(C(F)(F)F)cn2)CC1. The lowest BCUT2D eigenvalue weighted by atomic mass is 10.1. The first kappa shape index (κ1) is 22.1. The van der Waals surface area contributed by atoms with Gasteiger partial charge in [0.05, 0.1) is 11.6 Å². The predicted octanol–water partition coefficient (Wildman–Crippen LogP) is 4.26. The first-order valence-corrected chi connectivity index (χ1v) is 10.1. The van der Waals surface area contributed by atoms with Crippen molar-refractivity contribution in [1.29, 1.82) is 0 Å². The zero-order valence-electron chi connectivity index (χ0n) is 17.5. The van der Waals surface area contributed by atoms with Gasteiger partial charge in [-0.25, -0.2) is 4.98 Å². The van der Waals surface area contributed by atoms with Crippen molar-refractivity contribution in [3.05, 3.63) is 53.2 Å². The maximum atomic E-state index is 12.8. The van der Waals surface area contributed by atoms with Gasteiger partial charge in [-0.15, -0.1) is 0 Å². The number of hydrogen-bond acceptors (Lipinski definition) is 4. The van der Waals surface area contributed by atoms with E-state index >= 15 is 0 Å². The van der Waals surface area contributed by atoms with Crippen molar-refractivity contribution < 1.29 is 18.0 Å². The zero-order valence-corrected chi connectivity index (χ0v) is 17.5. The number of amides is 1. The molecule has 5 nitrogen and oxygen atoms in total. The van der Waals surface area contributed by atoms with Gasteiger partial charge in [0.1, 0.15) is 5.82 Å². The molecule has 0 spiro atoms. The molecule has 1 aromatic heterocycles. The van der Waals surface area contributed by atoms with Gasteiger partial charge in [-0.3, -0.25) is 9.69 Å². The number of pyridine rings is 1. The highest BCUT2D eigenvalue weighted by Gasteiger charge is 2.31. The first-order valence-electron chi connectivity index (χ1n) is 10.1. The van der Waals surface area contributed by atoms with Gasteiger partial charge in [-0.05, 0) is 50.5 Å². The fourth-order valence-corrected chi connectivity index (χ4v) is 3.70. The second-order valence-corrected chi connectivity index (χ2v) is 7.71. The van der Waals surface area contributed by atoms with Crippen molar-refractivity contribution in [3.8, 4) is 0 Å². The van der Waals surface area contributed by atoms with Crippen molar-refractivity contribution in [2.24, 2.45) is 0 Å². The van der Waals surface area contributed by atoms with Crippen molar-refractivity contribution in [2.45, 2.75) is 39.4 Å². The molecule has 2 heterocycles. The van der Waals surface area contributed by atoms with Gasteiger partial charge in [0.15, 0.2) is 0 Å². The zero-order chi connectivity index (χ0) is 21.9. The molecule has 0 saturated carbocycles. The van der Waals surface area contributed by atoms with Gasteiger partial charge < -0.3 is 10.2 Å². The number of carbonyl (C=O) groups is 1. The number of para-hydroxylation sites is 1. The lowest BCUT2D eigenvalue weighted by Gasteiger charge is -2.27. The number of alkyl halides is 3. The van der Waals surface area contributed by atoms with E-state index < -0.39 is 11.7 Å². The van der Waals surface area contributed by atoms with Crippen molar-refractivity contribution in [3.63, 3.8) is 0 Å². The third-order valence-electron chi connectivity index (χ3n) is 5.59. The van der Waals surface area contributed by atoms with E-state index in [1.54, 1.807) is 0 Å². The van der Waals surface area contributed by atoms with Gasteiger partial charge in [0.25, 0.3) is 0 Å². The molecule has 1 atom stereocenters. The fraction of sp³-hybridized carbons (Fsp3) is 0.455. The maximum absolute atomic E-state index is 12.8. The predicted molar refractivity (Wildman–Crippen MR) is 112 cm³/mol. The molecule has 1 N–H and O–H groups in total. The summed E-state index contributed by atoms with van der Waals surface area (Å²) in [5, 5.41) is 3.05. The van der Waals surface area contributed by atoms with E-state index in [0.717, 1.165) is 42.0 Å². The van der Waals surface area contributed by atoms with Crippen LogP contribution in [0.4, 0.5) is 24.7 Å². The molecule has 1 amide bonds. The van der Waals surface area contributed by atoms with Crippen LogP contribution in [-0.4, -0.2) is 48.0 Å². The van der Waals surface area contributed by atoms with Crippen molar-refractivity contribution >= 4 is 17.4 Å². The number of rotatable bonds is 4. The number of hydrogen-bond donors (Lipinski definition) is 1. The highest BCUT2D eigenvalue weighted by molar-refractivity contribution is 5.95. The topological polar surface area (TPSA) is 48.5 Å². The molecule has 1 saturated heterocycles. The van der Waals surface area contributed by atoms with E-state index in [4.69, 9.17) is 0 Å². The van der Waals surface area contributed by atoms with Crippen LogP contribution in [0.1, 0.15) is 30.0 Å². The smallest absolute Gasteiger partial charge is 0.355 e. The summed E-state index contributed by atoms with van der Waals surface area (Å²) in [4.78, 5) is 20.9. The van der Waals surface area contributed by atoms with Crippen LogP contribution in [0.2, 0.25) is 0 Å². The second-order valence-electron chi connectivity index (χ2n) is 7.71. The van der Waals surface area contributed by atoms with E-state index in [-0.39, 0.29) is 11.9 Å². The van der Waals surface area contributed by atoms with E-state index in [0.29, 0.717) is 25.5 Å². The molecule has 0 radical (unpaired) electrons. The molecule has 1 aliphatic rings. The summed E-state index contributed by atoms with van der Waals surface area (Å²) in [7, 11) is 0. The van der Waals surface area contributed by atoms with Gasteiger partial charge >= 0.3 is 6.18 Å². The minimum Gasteiger partial charge on any atom is -0.355 e. The number of aryl methyl sites for hydroxylation is 2. The molecule has 1 aromatic carbocycles. The number of nitrogens with zero attached hydrogens (tertiary/aromatic N) is 3. The quantitative estimate of drug-likeness (QED) is 0.803. The van der Waals surface area contributed by atoms with Gasteiger partial charge in [-0.1, -0.05) is 18.2 Å². The van der Waals surface area contributed by atoms with Crippen molar-refractivity contribution in [1.82, 2.24) is 9.88 Å². The molecule has 3 rings (SSSR count). The number of carbonyl (C=O) groups excluding carboxylic acids is 1. The number of anilines is 2. The van der Waals surface area contributed by atoms with E-state index in [1.165, 1.54) is 6.07 Å². The largest absolute Gasteiger partial charge is 0.417 e. The minimum absolute atomic E-state index is 0.0616. The van der Waals surface area contributed by atoms with Crippen LogP contribution in [0.15, 0.2) is 36.5 Å². The lowest BCUT2D eigenvalue weighted by molar-refractivity contribution is -0.137. The average molecular weight is 420 g/mol. The molecule has 1 aliphatic heterocycles. The van der Waals surface area contributed by atoms with E-state index in [9.17, 15) is 18.0 Å². The normalized spacial score (nSPS) is 16.8. The highest BCUT2D eigenvalue weighted by Crippen LogP contribution is 2.29. The molecule has 162 valence electrons. The number of halogens is 3. The first-order chi connectivity index (χ1) is 14.2. The number of nitrogens with one attached hydrogen (secondary N) is 1. The molecule has 0 unspecified atom stereocenters. The third kappa shape index (κ3) is 5.11. The molecule has 30 heavy (non-hydrogen) atoms. The van der Waals surface area contributed by atoms with Crippen LogP contribution in [0.5, 0.6) is 0 Å². The Morgan fingerprint density at radius 3 is 2.37 bits per heavy atom. The van der Waals surface area contributed by atoms with E-state index in [2.05, 4.69) is 15.2 Å². The monoisotopic (exact) mass is 420 g/mol. The summed E-state index contributed by atoms with van der Waals surface area (Å²) in [5.41, 5.74) is 2.14. The summed E-state index contributed by atoms with van der Waals surface area (Å²) < 4.78 is 38.3. The van der Waals surface area contributed by atoms with Crippen LogP contribution >= 0.6 is 0 Å². The summed E-state index contributed by atoms with van der Waals surface area (Å²) in [5.74, 6) is 0.464. The van der Waals surface area contributed by atoms with Crippen LogP contribution in [0, 0.1) is 13.8 Å². The summed E-state index contributed by atoms with van der Waals surface area (Å²) in [6.07, 6.45) is -2.72. The Kier molecular flexibility index (Phi) is 6.65. The van der Waals surface area contributed by atoms with Crippen LogP contribution in [-0.2, 0) is 11.0 Å². The molecule has 8 heteroatoms. The third-order valence-corrected chi connectivity index (χ3v) is 5.59. The minimum atomic E-state index is -4.39. The van der Waals surface area contributed by atoms with Crippen molar-refractivity contribution in [2.75, 3.05) is 36.4 Å². The average Bonchev–Trinajstić information content (AvgIpc) is 2.96. The maximum Gasteiger partial charge on any atom is 0.417 e. The Morgan fingerprint density at radius 1 is 1.07 bits per heavy atom.